The summed E-state index contributed by atoms with van der Waals surface area (Å²) in [6.07, 6.45) is 3.17. The molecule has 7 nitrogen and oxygen atoms in total. The molecule has 174 valence electrons. The third kappa shape index (κ3) is 7.82. The van der Waals surface area contributed by atoms with Crippen LogP contribution >= 0.6 is 24.0 Å². The fraction of sp³-hybridized carbons (Fsp3) is 0.652. The van der Waals surface area contributed by atoms with Crippen molar-refractivity contribution in [2.75, 3.05) is 59.0 Å². The Bertz CT molecular complexity index is 674. The number of nitrogens with zero attached hydrogens (tertiary/aromatic N) is 4. The summed E-state index contributed by atoms with van der Waals surface area (Å²) in [7, 11) is 0. The van der Waals surface area contributed by atoms with Gasteiger partial charge in [0.25, 0.3) is 0 Å². The van der Waals surface area contributed by atoms with Crippen LogP contribution in [0.4, 0.5) is 0 Å². The second kappa shape index (κ2) is 13.8. The third-order valence-electron chi connectivity index (χ3n) is 5.85. The molecule has 2 saturated heterocycles. The van der Waals surface area contributed by atoms with Gasteiger partial charge in [-0.3, -0.25) is 14.7 Å². The number of aliphatic imine (C=N–C) groups is 1. The van der Waals surface area contributed by atoms with Crippen molar-refractivity contribution in [3.8, 4) is 5.75 Å². The Morgan fingerprint density at radius 1 is 1.06 bits per heavy atom. The number of para-hydroxylation sites is 1. The molecule has 0 aliphatic carbocycles. The first-order valence-corrected chi connectivity index (χ1v) is 11.4. The van der Waals surface area contributed by atoms with E-state index in [1.54, 1.807) is 0 Å². The minimum absolute atomic E-state index is 0. The van der Waals surface area contributed by atoms with Gasteiger partial charge in [-0.25, -0.2) is 0 Å². The van der Waals surface area contributed by atoms with Crippen LogP contribution in [0.5, 0.6) is 5.75 Å². The molecule has 0 aromatic heterocycles. The van der Waals surface area contributed by atoms with Crippen LogP contribution < -0.4 is 10.1 Å². The number of piperazine rings is 1. The molecule has 1 atom stereocenters. The molecule has 1 aromatic rings. The lowest BCUT2D eigenvalue weighted by atomic mass is 10.2. The first-order chi connectivity index (χ1) is 14.7. The number of hydrogen-bond donors (Lipinski definition) is 1. The molecule has 3 rings (SSSR count). The van der Waals surface area contributed by atoms with Crippen molar-refractivity contribution >= 4 is 35.8 Å². The molecule has 1 N–H and O–H groups in total. The Balaban J connectivity index is 0.00000341. The molecule has 2 aliphatic rings. The summed E-state index contributed by atoms with van der Waals surface area (Å²) in [5, 5.41) is 3.41. The Kier molecular flexibility index (Phi) is 11.4. The van der Waals surface area contributed by atoms with Crippen LogP contribution in [-0.4, -0.2) is 91.6 Å². The lowest BCUT2D eigenvalue weighted by molar-refractivity contribution is -0.135. The number of amides is 1. The highest BCUT2D eigenvalue weighted by Gasteiger charge is 2.30. The van der Waals surface area contributed by atoms with Crippen LogP contribution in [0.15, 0.2) is 35.3 Å². The van der Waals surface area contributed by atoms with Crippen molar-refractivity contribution in [2.45, 2.75) is 39.2 Å². The highest BCUT2D eigenvalue weighted by molar-refractivity contribution is 14.0. The maximum Gasteiger partial charge on any atom is 0.239 e. The molecule has 2 aliphatic heterocycles. The van der Waals surface area contributed by atoms with Gasteiger partial charge < -0.3 is 19.9 Å². The second-order valence-electron chi connectivity index (χ2n) is 7.98. The number of nitrogens with one attached hydrogen (secondary N) is 1. The average molecular weight is 543 g/mol. The molecule has 0 saturated carbocycles. The zero-order chi connectivity index (χ0) is 21.2. The van der Waals surface area contributed by atoms with Crippen molar-refractivity contribution in [2.24, 2.45) is 4.99 Å². The summed E-state index contributed by atoms with van der Waals surface area (Å²) >= 11 is 0. The lowest BCUT2D eigenvalue weighted by Gasteiger charge is -2.39. The minimum Gasteiger partial charge on any atom is -0.494 e. The summed E-state index contributed by atoms with van der Waals surface area (Å²) in [5.74, 6) is 2.16. The van der Waals surface area contributed by atoms with E-state index in [1.165, 1.54) is 0 Å². The maximum atomic E-state index is 12.7. The van der Waals surface area contributed by atoms with Gasteiger partial charge in [0, 0.05) is 58.8 Å². The number of halogens is 1. The molecule has 1 amide bonds. The van der Waals surface area contributed by atoms with Crippen molar-refractivity contribution in [1.82, 2.24) is 20.0 Å². The summed E-state index contributed by atoms with van der Waals surface area (Å²) in [6, 6.07) is 9.87. The van der Waals surface area contributed by atoms with E-state index in [-0.39, 0.29) is 30.0 Å². The first-order valence-electron chi connectivity index (χ1n) is 11.4. The molecule has 0 bridgehead atoms. The van der Waals surface area contributed by atoms with Gasteiger partial charge >= 0.3 is 0 Å². The number of carbonyl (C=O) groups is 1. The predicted molar refractivity (Wildman–Crippen MR) is 136 cm³/mol. The zero-order valence-electron chi connectivity index (χ0n) is 19.0. The fourth-order valence-corrected chi connectivity index (χ4v) is 4.06. The molecule has 0 radical (unpaired) electrons. The Hall–Kier alpha value is -1.55. The lowest BCUT2D eigenvalue weighted by Crippen LogP contribution is -2.57. The molecular weight excluding hydrogens is 505 g/mol. The van der Waals surface area contributed by atoms with Crippen LogP contribution in [0.1, 0.15) is 33.1 Å². The molecule has 0 spiro atoms. The van der Waals surface area contributed by atoms with E-state index in [1.807, 2.05) is 35.2 Å². The van der Waals surface area contributed by atoms with E-state index >= 15 is 0 Å². The standard InChI is InChI=1S/C23H37N5O2.HI/c1-3-24-23(25-12-9-19-30-21-10-5-4-6-11-21)28-17-15-26(16-18-28)20(2)22(29)27-13-7-8-14-27;/h4-6,10-11,20H,3,7-9,12-19H2,1-2H3,(H,24,25);1H. The van der Waals surface area contributed by atoms with Gasteiger partial charge in [-0.1, -0.05) is 18.2 Å². The normalized spacial score (nSPS) is 18.5. The number of ether oxygens (including phenoxy) is 1. The average Bonchev–Trinajstić information content (AvgIpc) is 3.33. The van der Waals surface area contributed by atoms with E-state index in [2.05, 4.69) is 29.0 Å². The third-order valence-corrected chi connectivity index (χ3v) is 5.85. The van der Waals surface area contributed by atoms with Crippen LogP contribution in [0.2, 0.25) is 0 Å². The second-order valence-corrected chi connectivity index (χ2v) is 7.98. The molecule has 2 heterocycles. The first kappa shape index (κ1) is 25.7. The van der Waals surface area contributed by atoms with Crippen LogP contribution in [0.3, 0.4) is 0 Å². The molecule has 1 aromatic carbocycles. The smallest absolute Gasteiger partial charge is 0.239 e. The van der Waals surface area contributed by atoms with E-state index < -0.39 is 0 Å². The Labute approximate surface area is 204 Å². The molecular formula is C23H38IN5O2. The van der Waals surface area contributed by atoms with Crippen LogP contribution in [0, 0.1) is 0 Å². The van der Waals surface area contributed by atoms with E-state index in [9.17, 15) is 4.79 Å². The van der Waals surface area contributed by atoms with E-state index in [0.717, 1.165) is 83.3 Å². The summed E-state index contributed by atoms with van der Waals surface area (Å²) in [5.41, 5.74) is 0. The van der Waals surface area contributed by atoms with Gasteiger partial charge in [-0.05, 0) is 38.8 Å². The van der Waals surface area contributed by atoms with Gasteiger partial charge in [-0.2, -0.15) is 0 Å². The highest BCUT2D eigenvalue weighted by Crippen LogP contribution is 2.14. The number of hydrogen-bond acceptors (Lipinski definition) is 4. The van der Waals surface area contributed by atoms with Crippen molar-refractivity contribution in [1.29, 1.82) is 0 Å². The molecule has 2 fully saturated rings. The zero-order valence-corrected chi connectivity index (χ0v) is 21.3. The van der Waals surface area contributed by atoms with Gasteiger partial charge in [0.15, 0.2) is 5.96 Å². The number of likely N-dealkylation sites (tertiary alicyclic amines) is 1. The van der Waals surface area contributed by atoms with Crippen molar-refractivity contribution < 1.29 is 9.53 Å². The number of carbonyl (C=O) groups excluding carboxylic acids is 1. The van der Waals surface area contributed by atoms with Crippen molar-refractivity contribution in [3.63, 3.8) is 0 Å². The SMILES string of the molecule is CCNC(=NCCCOc1ccccc1)N1CCN(C(C)C(=O)N2CCCC2)CC1.I. The summed E-state index contributed by atoms with van der Waals surface area (Å²) in [4.78, 5) is 24.1. The molecule has 1 unspecified atom stereocenters. The Morgan fingerprint density at radius 2 is 1.74 bits per heavy atom. The predicted octanol–water partition coefficient (Wildman–Crippen LogP) is 2.67. The largest absolute Gasteiger partial charge is 0.494 e. The quantitative estimate of drug-likeness (QED) is 0.237. The topological polar surface area (TPSA) is 60.4 Å². The molecule has 31 heavy (non-hydrogen) atoms. The van der Waals surface area contributed by atoms with Gasteiger partial charge in [0.2, 0.25) is 5.91 Å². The number of benzene rings is 1. The van der Waals surface area contributed by atoms with E-state index in [4.69, 9.17) is 9.73 Å². The van der Waals surface area contributed by atoms with Gasteiger partial charge in [-0.15, -0.1) is 24.0 Å². The highest BCUT2D eigenvalue weighted by atomic mass is 127. The molecule has 8 heteroatoms. The fourth-order valence-electron chi connectivity index (χ4n) is 4.06. The summed E-state index contributed by atoms with van der Waals surface area (Å²) < 4.78 is 5.75. The Morgan fingerprint density at radius 3 is 2.39 bits per heavy atom. The maximum absolute atomic E-state index is 12.7. The summed E-state index contributed by atoms with van der Waals surface area (Å²) in [6.45, 7) is 11.8. The van der Waals surface area contributed by atoms with Crippen LogP contribution in [-0.2, 0) is 4.79 Å². The van der Waals surface area contributed by atoms with Crippen molar-refractivity contribution in [3.05, 3.63) is 30.3 Å². The van der Waals surface area contributed by atoms with Gasteiger partial charge in [0.05, 0.1) is 12.6 Å². The number of rotatable bonds is 8. The minimum atomic E-state index is -0.0279. The number of guanidine groups is 1. The van der Waals surface area contributed by atoms with Gasteiger partial charge in [0.1, 0.15) is 5.75 Å². The monoisotopic (exact) mass is 543 g/mol. The van der Waals surface area contributed by atoms with E-state index in [0.29, 0.717) is 12.5 Å². The van der Waals surface area contributed by atoms with Crippen LogP contribution in [0.25, 0.3) is 0 Å².